The van der Waals surface area contributed by atoms with Crippen molar-refractivity contribution in [3.63, 3.8) is 0 Å². The predicted octanol–water partition coefficient (Wildman–Crippen LogP) is 3.38. The Labute approximate surface area is 140 Å². The summed E-state index contributed by atoms with van der Waals surface area (Å²) in [6.07, 6.45) is -0.472. The largest absolute Gasteiger partial charge is 0.457 e. The van der Waals surface area contributed by atoms with E-state index in [0.717, 1.165) is 5.56 Å². The first-order valence-electron chi connectivity index (χ1n) is 7.92. The molecule has 2 aromatic carbocycles. The van der Waals surface area contributed by atoms with Crippen molar-refractivity contribution in [2.75, 3.05) is 0 Å². The molecule has 0 spiro atoms. The van der Waals surface area contributed by atoms with Crippen LogP contribution in [0.2, 0.25) is 0 Å². The Morgan fingerprint density at radius 3 is 2.12 bits per heavy atom. The SMILES string of the molecule is CC(=O)[C@@H]1C(=O)O[C@@H](c2ccccc2)[C@H]1CC(=O)c1ccccc1. The molecule has 4 nitrogen and oxygen atoms in total. The van der Waals surface area contributed by atoms with Gasteiger partial charge in [0.25, 0.3) is 0 Å². The number of Topliss-reactive ketones (excluding diaryl/α,β-unsaturated/α-hetero) is 2. The Morgan fingerprint density at radius 2 is 1.54 bits per heavy atom. The van der Waals surface area contributed by atoms with Crippen molar-refractivity contribution in [2.45, 2.75) is 19.4 Å². The van der Waals surface area contributed by atoms with Crippen molar-refractivity contribution < 1.29 is 19.1 Å². The second-order valence-electron chi connectivity index (χ2n) is 6.01. The lowest BCUT2D eigenvalue weighted by molar-refractivity contribution is -0.146. The van der Waals surface area contributed by atoms with Crippen LogP contribution in [0.4, 0.5) is 0 Å². The first kappa shape index (κ1) is 16.1. The van der Waals surface area contributed by atoms with E-state index < -0.39 is 23.9 Å². The standard InChI is InChI=1S/C20H18O4/c1-13(21)18-16(12-17(22)14-8-4-2-5-9-14)19(24-20(18)23)15-10-6-3-7-11-15/h2-11,16,18-19H,12H2,1H3/t16-,18-,19-/m0/s1. The highest BCUT2D eigenvalue weighted by molar-refractivity contribution is 6.02. The summed E-state index contributed by atoms with van der Waals surface area (Å²) in [6.45, 7) is 1.37. The minimum Gasteiger partial charge on any atom is -0.457 e. The van der Waals surface area contributed by atoms with Gasteiger partial charge in [-0.05, 0) is 12.5 Å². The summed E-state index contributed by atoms with van der Waals surface area (Å²) >= 11 is 0. The number of carbonyl (C=O) groups is 3. The maximum absolute atomic E-state index is 12.6. The van der Waals surface area contributed by atoms with E-state index in [4.69, 9.17) is 4.74 Å². The fourth-order valence-corrected chi connectivity index (χ4v) is 3.24. The van der Waals surface area contributed by atoms with Crippen molar-refractivity contribution in [3.05, 3.63) is 71.8 Å². The molecule has 0 N–H and O–H groups in total. The molecular formula is C20H18O4. The van der Waals surface area contributed by atoms with Crippen LogP contribution in [0.25, 0.3) is 0 Å². The van der Waals surface area contributed by atoms with Crippen molar-refractivity contribution >= 4 is 17.5 Å². The van der Waals surface area contributed by atoms with Gasteiger partial charge in [-0.15, -0.1) is 0 Å². The number of esters is 1. The molecule has 2 aromatic rings. The summed E-state index contributed by atoms with van der Waals surface area (Å²) in [5, 5.41) is 0. The molecule has 4 heteroatoms. The zero-order valence-corrected chi connectivity index (χ0v) is 13.3. The average molecular weight is 322 g/mol. The molecule has 1 fully saturated rings. The van der Waals surface area contributed by atoms with Gasteiger partial charge in [-0.1, -0.05) is 60.7 Å². The van der Waals surface area contributed by atoms with Crippen molar-refractivity contribution in [2.24, 2.45) is 11.8 Å². The van der Waals surface area contributed by atoms with E-state index in [9.17, 15) is 14.4 Å². The molecule has 0 aliphatic carbocycles. The predicted molar refractivity (Wildman–Crippen MR) is 88.3 cm³/mol. The van der Waals surface area contributed by atoms with Gasteiger partial charge in [-0.3, -0.25) is 14.4 Å². The van der Waals surface area contributed by atoms with E-state index in [1.54, 1.807) is 24.3 Å². The van der Waals surface area contributed by atoms with Crippen molar-refractivity contribution in [1.29, 1.82) is 0 Å². The molecule has 0 unspecified atom stereocenters. The summed E-state index contributed by atoms with van der Waals surface area (Å²) in [5.74, 6) is -2.26. The molecule has 0 radical (unpaired) electrons. The Hall–Kier alpha value is -2.75. The lowest BCUT2D eigenvalue weighted by Crippen LogP contribution is -2.26. The number of hydrogen-bond acceptors (Lipinski definition) is 4. The maximum Gasteiger partial charge on any atom is 0.317 e. The molecular weight excluding hydrogens is 304 g/mol. The Morgan fingerprint density at radius 1 is 0.958 bits per heavy atom. The molecule has 0 amide bonds. The summed E-state index contributed by atoms with van der Waals surface area (Å²) in [6, 6.07) is 18.2. The molecule has 24 heavy (non-hydrogen) atoms. The van der Waals surface area contributed by atoms with E-state index >= 15 is 0 Å². The Kier molecular flexibility index (Phi) is 4.56. The summed E-state index contributed by atoms with van der Waals surface area (Å²) in [4.78, 5) is 36.7. The molecule has 0 bridgehead atoms. The van der Waals surface area contributed by atoms with Gasteiger partial charge in [-0.25, -0.2) is 0 Å². The normalized spacial score (nSPS) is 22.9. The van der Waals surface area contributed by atoms with Gasteiger partial charge < -0.3 is 4.74 Å². The average Bonchev–Trinajstić information content (AvgIpc) is 2.92. The number of rotatable bonds is 5. The minimum absolute atomic E-state index is 0.0916. The number of ketones is 2. The van der Waals surface area contributed by atoms with Crippen LogP contribution in [0.3, 0.4) is 0 Å². The number of ether oxygens (including phenoxy) is 1. The Bertz CT molecular complexity index is 752. The van der Waals surface area contributed by atoms with E-state index in [2.05, 4.69) is 0 Å². The van der Waals surface area contributed by atoms with Gasteiger partial charge in [-0.2, -0.15) is 0 Å². The van der Waals surface area contributed by atoms with Crippen LogP contribution >= 0.6 is 0 Å². The van der Waals surface area contributed by atoms with Crippen LogP contribution in [0.1, 0.15) is 35.4 Å². The molecule has 3 atom stereocenters. The molecule has 122 valence electrons. The first-order valence-corrected chi connectivity index (χ1v) is 7.92. The van der Waals surface area contributed by atoms with Gasteiger partial charge in [0.1, 0.15) is 17.8 Å². The zero-order chi connectivity index (χ0) is 17.1. The molecule has 3 rings (SSSR count). The van der Waals surface area contributed by atoms with E-state index in [-0.39, 0.29) is 18.0 Å². The number of cyclic esters (lactones) is 1. The van der Waals surface area contributed by atoms with Crippen LogP contribution in [-0.2, 0) is 14.3 Å². The van der Waals surface area contributed by atoms with E-state index in [1.165, 1.54) is 6.92 Å². The van der Waals surface area contributed by atoms with Gasteiger partial charge in [0.05, 0.1) is 0 Å². The quantitative estimate of drug-likeness (QED) is 0.481. The second kappa shape index (κ2) is 6.79. The molecule has 1 aliphatic rings. The van der Waals surface area contributed by atoms with Gasteiger partial charge in [0.15, 0.2) is 5.78 Å². The minimum atomic E-state index is -0.886. The third kappa shape index (κ3) is 3.13. The van der Waals surface area contributed by atoms with Crippen LogP contribution in [0.5, 0.6) is 0 Å². The number of carbonyl (C=O) groups excluding carboxylic acids is 3. The topological polar surface area (TPSA) is 60.4 Å². The lowest BCUT2D eigenvalue weighted by Gasteiger charge is -2.19. The summed E-state index contributed by atoms with van der Waals surface area (Å²) in [7, 11) is 0. The third-order valence-electron chi connectivity index (χ3n) is 4.40. The number of benzene rings is 2. The lowest BCUT2D eigenvalue weighted by atomic mass is 9.81. The van der Waals surface area contributed by atoms with Crippen LogP contribution < -0.4 is 0 Å². The maximum atomic E-state index is 12.6. The number of hydrogen-bond donors (Lipinski definition) is 0. The zero-order valence-electron chi connectivity index (χ0n) is 13.3. The third-order valence-corrected chi connectivity index (χ3v) is 4.40. The monoisotopic (exact) mass is 322 g/mol. The van der Waals surface area contributed by atoms with E-state index in [0.29, 0.717) is 5.56 Å². The molecule has 1 saturated heterocycles. The molecule has 0 aromatic heterocycles. The van der Waals surface area contributed by atoms with Gasteiger partial charge in [0.2, 0.25) is 0 Å². The van der Waals surface area contributed by atoms with Crippen molar-refractivity contribution in [1.82, 2.24) is 0 Å². The smallest absolute Gasteiger partial charge is 0.317 e. The molecule has 1 heterocycles. The fourth-order valence-electron chi connectivity index (χ4n) is 3.24. The highest BCUT2D eigenvalue weighted by Gasteiger charge is 2.48. The summed E-state index contributed by atoms with van der Waals surface area (Å²) in [5.41, 5.74) is 1.38. The van der Waals surface area contributed by atoms with Crippen LogP contribution in [0, 0.1) is 11.8 Å². The second-order valence-corrected chi connectivity index (χ2v) is 6.01. The Balaban J connectivity index is 1.91. The van der Waals surface area contributed by atoms with Gasteiger partial charge >= 0.3 is 5.97 Å². The van der Waals surface area contributed by atoms with E-state index in [1.807, 2.05) is 36.4 Å². The fraction of sp³-hybridized carbons (Fsp3) is 0.250. The highest BCUT2D eigenvalue weighted by Crippen LogP contribution is 2.42. The highest BCUT2D eigenvalue weighted by atomic mass is 16.6. The molecule has 1 aliphatic heterocycles. The molecule has 0 saturated carbocycles. The van der Waals surface area contributed by atoms with Crippen LogP contribution in [0.15, 0.2) is 60.7 Å². The first-order chi connectivity index (χ1) is 11.6. The van der Waals surface area contributed by atoms with Crippen molar-refractivity contribution in [3.8, 4) is 0 Å². The van der Waals surface area contributed by atoms with Gasteiger partial charge in [0, 0.05) is 17.9 Å². The van der Waals surface area contributed by atoms with Crippen LogP contribution in [-0.4, -0.2) is 17.5 Å². The summed E-state index contributed by atoms with van der Waals surface area (Å²) < 4.78 is 5.46.